The number of nitrogens with one attached hydrogen (secondary N) is 1. The van der Waals surface area contributed by atoms with Crippen molar-refractivity contribution in [3.8, 4) is 0 Å². The molecule has 5 heteroatoms. The highest BCUT2D eigenvalue weighted by molar-refractivity contribution is 6.07. The number of piperidine rings is 1. The molecule has 1 aliphatic heterocycles. The van der Waals surface area contributed by atoms with Crippen molar-refractivity contribution in [1.29, 1.82) is 0 Å². The standard InChI is InChI=1S/C19H21N3O2/c1-12-16(11-20-21-12)14-7-9-22(10-8-14)19(23)18-13(2)24-17-6-4-3-5-15(17)18/h3-6,11,14H,7-10H2,1-2H3,(H,20,21). The molecule has 1 amide bonds. The summed E-state index contributed by atoms with van der Waals surface area (Å²) >= 11 is 0. The molecule has 0 spiro atoms. The van der Waals surface area contributed by atoms with Crippen LogP contribution in [0.5, 0.6) is 0 Å². The third kappa shape index (κ3) is 2.40. The van der Waals surface area contributed by atoms with E-state index in [4.69, 9.17) is 4.42 Å². The summed E-state index contributed by atoms with van der Waals surface area (Å²) in [6, 6.07) is 7.74. The third-order valence-corrected chi connectivity index (χ3v) is 5.08. The molecule has 0 radical (unpaired) electrons. The van der Waals surface area contributed by atoms with Crippen molar-refractivity contribution in [1.82, 2.24) is 15.1 Å². The summed E-state index contributed by atoms with van der Waals surface area (Å²) in [6.45, 7) is 5.47. The number of rotatable bonds is 2. The largest absolute Gasteiger partial charge is 0.461 e. The number of hydrogen-bond acceptors (Lipinski definition) is 3. The molecule has 2 aromatic heterocycles. The molecule has 1 aromatic carbocycles. The van der Waals surface area contributed by atoms with E-state index >= 15 is 0 Å². The predicted molar refractivity (Wildman–Crippen MR) is 92.2 cm³/mol. The van der Waals surface area contributed by atoms with Gasteiger partial charge in [0, 0.05) is 24.2 Å². The maximum Gasteiger partial charge on any atom is 0.258 e. The van der Waals surface area contributed by atoms with Crippen molar-refractivity contribution in [3.63, 3.8) is 0 Å². The highest BCUT2D eigenvalue weighted by Gasteiger charge is 2.28. The molecule has 1 N–H and O–H groups in total. The van der Waals surface area contributed by atoms with Gasteiger partial charge in [0.15, 0.2) is 0 Å². The van der Waals surface area contributed by atoms with E-state index in [1.807, 2.05) is 42.3 Å². The van der Waals surface area contributed by atoms with Crippen LogP contribution in [-0.4, -0.2) is 34.1 Å². The Labute approximate surface area is 140 Å². The molecule has 124 valence electrons. The number of furan rings is 1. The van der Waals surface area contributed by atoms with Crippen molar-refractivity contribution < 1.29 is 9.21 Å². The van der Waals surface area contributed by atoms with Crippen LogP contribution >= 0.6 is 0 Å². The minimum absolute atomic E-state index is 0.0832. The lowest BCUT2D eigenvalue weighted by molar-refractivity contribution is 0.0713. The first-order chi connectivity index (χ1) is 11.6. The Morgan fingerprint density at radius 3 is 2.71 bits per heavy atom. The quantitative estimate of drug-likeness (QED) is 0.780. The van der Waals surface area contributed by atoms with Crippen LogP contribution in [0.25, 0.3) is 11.0 Å². The number of fused-ring (bicyclic) bond motifs is 1. The van der Waals surface area contributed by atoms with Crippen molar-refractivity contribution in [2.24, 2.45) is 0 Å². The smallest absolute Gasteiger partial charge is 0.258 e. The molecule has 0 unspecified atom stereocenters. The van der Waals surface area contributed by atoms with Gasteiger partial charge in [-0.25, -0.2) is 0 Å². The van der Waals surface area contributed by atoms with Crippen LogP contribution in [0.1, 0.15) is 46.1 Å². The second kappa shape index (κ2) is 5.82. The number of para-hydroxylation sites is 1. The van der Waals surface area contributed by atoms with Gasteiger partial charge in [0.05, 0.1) is 11.8 Å². The first kappa shape index (κ1) is 15.0. The van der Waals surface area contributed by atoms with E-state index in [0.29, 0.717) is 17.2 Å². The summed E-state index contributed by atoms with van der Waals surface area (Å²) in [6.07, 6.45) is 3.87. The highest BCUT2D eigenvalue weighted by Crippen LogP contribution is 2.32. The molecule has 1 fully saturated rings. The number of amides is 1. The lowest BCUT2D eigenvalue weighted by atomic mass is 9.89. The van der Waals surface area contributed by atoms with Crippen LogP contribution in [0, 0.1) is 13.8 Å². The Balaban J connectivity index is 1.54. The normalized spacial score (nSPS) is 16.0. The number of nitrogens with zero attached hydrogens (tertiary/aromatic N) is 2. The number of hydrogen-bond donors (Lipinski definition) is 1. The van der Waals surface area contributed by atoms with Gasteiger partial charge in [0.25, 0.3) is 5.91 Å². The molecule has 3 heterocycles. The minimum Gasteiger partial charge on any atom is -0.461 e. The van der Waals surface area contributed by atoms with Gasteiger partial charge >= 0.3 is 0 Å². The molecule has 1 saturated heterocycles. The van der Waals surface area contributed by atoms with E-state index in [-0.39, 0.29) is 5.91 Å². The van der Waals surface area contributed by atoms with Gasteiger partial charge in [0.1, 0.15) is 11.3 Å². The first-order valence-corrected chi connectivity index (χ1v) is 8.42. The van der Waals surface area contributed by atoms with Gasteiger partial charge in [-0.05, 0) is 44.2 Å². The van der Waals surface area contributed by atoms with E-state index in [2.05, 4.69) is 17.1 Å². The first-order valence-electron chi connectivity index (χ1n) is 8.42. The van der Waals surface area contributed by atoms with E-state index in [1.165, 1.54) is 5.56 Å². The molecule has 3 aromatic rings. The van der Waals surface area contributed by atoms with Crippen LogP contribution in [0.3, 0.4) is 0 Å². The van der Waals surface area contributed by atoms with Crippen LogP contribution in [0.4, 0.5) is 0 Å². The number of aromatic nitrogens is 2. The van der Waals surface area contributed by atoms with Gasteiger partial charge < -0.3 is 9.32 Å². The minimum atomic E-state index is 0.0832. The Bertz CT molecular complexity index is 885. The Morgan fingerprint density at radius 1 is 1.25 bits per heavy atom. The van der Waals surface area contributed by atoms with Crippen molar-refractivity contribution >= 4 is 16.9 Å². The monoisotopic (exact) mass is 323 g/mol. The Kier molecular flexibility index (Phi) is 3.63. The van der Waals surface area contributed by atoms with E-state index in [0.717, 1.165) is 42.6 Å². The summed E-state index contributed by atoms with van der Waals surface area (Å²) in [7, 11) is 0. The molecule has 0 bridgehead atoms. The van der Waals surface area contributed by atoms with Gasteiger partial charge in [-0.15, -0.1) is 0 Å². The van der Waals surface area contributed by atoms with Crippen molar-refractivity contribution in [3.05, 3.63) is 53.0 Å². The Morgan fingerprint density at radius 2 is 2.00 bits per heavy atom. The molecule has 4 rings (SSSR count). The van der Waals surface area contributed by atoms with Crippen LogP contribution in [0.2, 0.25) is 0 Å². The number of carbonyl (C=O) groups excluding carboxylic acids is 1. The maximum atomic E-state index is 13.0. The molecular formula is C19H21N3O2. The number of likely N-dealkylation sites (tertiary alicyclic amines) is 1. The fourth-order valence-electron chi connectivity index (χ4n) is 3.76. The predicted octanol–water partition coefficient (Wildman–Crippen LogP) is 3.79. The second-order valence-electron chi connectivity index (χ2n) is 6.55. The van der Waals surface area contributed by atoms with Crippen LogP contribution < -0.4 is 0 Å². The van der Waals surface area contributed by atoms with Crippen LogP contribution in [-0.2, 0) is 0 Å². The Hall–Kier alpha value is -2.56. The van der Waals surface area contributed by atoms with Gasteiger partial charge in [-0.1, -0.05) is 18.2 Å². The van der Waals surface area contributed by atoms with Gasteiger partial charge in [0.2, 0.25) is 0 Å². The zero-order chi connectivity index (χ0) is 16.7. The summed E-state index contributed by atoms with van der Waals surface area (Å²) in [5.41, 5.74) is 3.91. The molecule has 0 saturated carbocycles. The van der Waals surface area contributed by atoms with E-state index in [9.17, 15) is 4.79 Å². The maximum absolute atomic E-state index is 13.0. The lowest BCUT2D eigenvalue weighted by Crippen LogP contribution is -2.38. The van der Waals surface area contributed by atoms with Crippen LogP contribution in [0.15, 0.2) is 34.9 Å². The fraction of sp³-hybridized carbons (Fsp3) is 0.368. The second-order valence-corrected chi connectivity index (χ2v) is 6.55. The average molecular weight is 323 g/mol. The lowest BCUT2D eigenvalue weighted by Gasteiger charge is -2.32. The van der Waals surface area contributed by atoms with Crippen molar-refractivity contribution in [2.45, 2.75) is 32.6 Å². The molecule has 5 nitrogen and oxygen atoms in total. The summed E-state index contributed by atoms with van der Waals surface area (Å²) in [5, 5.41) is 8.04. The van der Waals surface area contributed by atoms with Gasteiger partial charge in [-0.2, -0.15) is 5.10 Å². The van der Waals surface area contributed by atoms with E-state index in [1.54, 1.807) is 0 Å². The number of carbonyl (C=O) groups is 1. The molecule has 0 atom stereocenters. The zero-order valence-electron chi connectivity index (χ0n) is 14.0. The number of benzene rings is 1. The van der Waals surface area contributed by atoms with Crippen molar-refractivity contribution in [2.75, 3.05) is 13.1 Å². The molecular weight excluding hydrogens is 302 g/mol. The summed E-state index contributed by atoms with van der Waals surface area (Å²) in [4.78, 5) is 15.0. The SMILES string of the molecule is Cc1[nH]ncc1C1CCN(C(=O)c2c(C)oc3ccccc23)CC1. The number of aromatic amines is 1. The molecule has 1 aliphatic rings. The highest BCUT2D eigenvalue weighted by atomic mass is 16.3. The summed E-state index contributed by atoms with van der Waals surface area (Å²) in [5.74, 6) is 1.27. The third-order valence-electron chi connectivity index (χ3n) is 5.08. The topological polar surface area (TPSA) is 62.1 Å². The number of aryl methyl sites for hydroxylation is 2. The fourth-order valence-corrected chi connectivity index (χ4v) is 3.76. The molecule has 24 heavy (non-hydrogen) atoms. The average Bonchev–Trinajstić information content (AvgIpc) is 3.16. The van der Waals surface area contributed by atoms with E-state index < -0.39 is 0 Å². The number of H-pyrrole nitrogens is 1. The molecule has 0 aliphatic carbocycles. The van der Waals surface area contributed by atoms with Gasteiger partial charge in [-0.3, -0.25) is 9.89 Å². The zero-order valence-corrected chi connectivity index (χ0v) is 14.0. The summed E-state index contributed by atoms with van der Waals surface area (Å²) < 4.78 is 5.75.